The second kappa shape index (κ2) is 10.1. The van der Waals surface area contributed by atoms with Gasteiger partial charge in [0.2, 0.25) is 0 Å². The molecule has 0 bridgehead atoms. The van der Waals surface area contributed by atoms with Crippen molar-refractivity contribution < 1.29 is 9.47 Å². The molecule has 0 saturated heterocycles. The monoisotopic (exact) mass is 257 g/mol. The lowest BCUT2D eigenvalue weighted by molar-refractivity contribution is 0.0574. The van der Waals surface area contributed by atoms with Crippen molar-refractivity contribution in [1.29, 1.82) is 0 Å². The Labute approximate surface area is 110 Å². The number of aliphatic imine (C=N–C) groups is 1. The van der Waals surface area contributed by atoms with Gasteiger partial charge in [-0.15, -0.1) is 0 Å². The van der Waals surface area contributed by atoms with E-state index in [0.717, 1.165) is 32.1 Å². The minimum absolute atomic E-state index is 0.518. The third-order valence-corrected chi connectivity index (χ3v) is 3.09. The summed E-state index contributed by atoms with van der Waals surface area (Å²) in [5.74, 6) is 0.827. The standard InChI is InChI=1S/C13H27N3O2/c1-14-13(16-9-11-17-2)15-8-5-10-18-12-6-3-4-7-12/h12H,3-11H2,1-2H3,(H2,14,15,16). The normalized spacial score (nSPS) is 17.1. The second-order valence-electron chi connectivity index (χ2n) is 4.55. The molecule has 1 rings (SSSR count). The summed E-state index contributed by atoms with van der Waals surface area (Å²) in [5.41, 5.74) is 0. The number of hydrogen-bond acceptors (Lipinski definition) is 3. The molecule has 1 fully saturated rings. The highest BCUT2D eigenvalue weighted by atomic mass is 16.5. The third-order valence-electron chi connectivity index (χ3n) is 3.09. The predicted octanol–water partition coefficient (Wildman–Crippen LogP) is 1.15. The quantitative estimate of drug-likeness (QED) is 0.389. The van der Waals surface area contributed by atoms with E-state index in [1.165, 1.54) is 25.7 Å². The maximum absolute atomic E-state index is 5.80. The van der Waals surface area contributed by atoms with Crippen molar-refractivity contribution in [2.24, 2.45) is 4.99 Å². The first kappa shape index (κ1) is 15.2. The molecule has 2 N–H and O–H groups in total. The van der Waals surface area contributed by atoms with Crippen molar-refractivity contribution in [1.82, 2.24) is 10.6 Å². The molecule has 106 valence electrons. The number of nitrogens with one attached hydrogen (secondary N) is 2. The van der Waals surface area contributed by atoms with E-state index in [1.54, 1.807) is 14.2 Å². The number of hydrogen-bond donors (Lipinski definition) is 2. The van der Waals surface area contributed by atoms with Gasteiger partial charge in [0.1, 0.15) is 0 Å². The third kappa shape index (κ3) is 6.81. The number of ether oxygens (including phenoxy) is 2. The average Bonchev–Trinajstić information content (AvgIpc) is 2.89. The Bertz CT molecular complexity index is 228. The Hall–Kier alpha value is -0.810. The van der Waals surface area contributed by atoms with Gasteiger partial charge in [-0.2, -0.15) is 0 Å². The lowest BCUT2D eigenvalue weighted by Crippen LogP contribution is -2.39. The molecule has 0 heterocycles. The smallest absolute Gasteiger partial charge is 0.191 e. The predicted molar refractivity (Wildman–Crippen MR) is 74.1 cm³/mol. The summed E-state index contributed by atoms with van der Waals surface area (Å²) < 4.78 is 10.8. The zero-order valence-corrected chi connectivity index (χ0v) is 11.7. The first-order valence-corrected chi connectivity index (χ1v) is 6.92. The Kier molecular flexibility index (Phi) is 8.59. The highest BCUT2D eigenvalue weighted by Crippen LogP contribution is 2.20. The summed E-state index contributed by atoms with van der Waals surface area (Å²) in [5, 5.41) is 6.43. The van der Waals surface area contributed by atoms with E-state index < -0.39 is 0 Å². The van der Waals surface area contributed by atoms with Crippen LogP contribution >= 0.6 is 0 Å². The fraction of sp³-hybridized carbons (Fsp3) is 0.923. The summed E-state index contributed by atoms with van der Waals surface area (Å²) in [4.78, 5) is 4.13. The van der Waals surface area contributed by atoms with Gasteiger partial charge in [0.15, 0.2) is 5.96 Å². The van der Waals surface area contributed by atoms with Crippen LogP contribution in [0.15, 0.2) is 4.99 Å². The topological polar surface area (TPSA) is 54.9 Å². The van der Waals surface area contributed by atoms with Gasteiger partial charge in [-0.3, -0.25) is 4.99 Å². The molecule has 0 amide bonds. The Balaban J connectivity index is 1.94. The first-order chi connectivity index (χ1) is 8.86. The summed E-state index contributed by atoms with van der Waals surface area (Å²) in [6.07, 6.45) is 6.69. The van der Waals surface area contributed by atoms with Crippen molar-refractivity contribution in [3.05, 3.63) is 0 Å². The Morgan fingerprint density at radius 2 is 1.89 bits per heavy atom. The zero-order chi connectivity index (χ0) is 13.1. The van der Waals surface area contributed by atoms with Crippen LogP contribution in [0.4, 0.5) is 0 Å². The molecule has 0 unspecified atom stereocenters. The summed E-state index contributed by atoms with van der Waals surface area (Å²) in [7, 11) is 3.47. The number of methoxy groups -OCH3 is 1. The molecule has 5 heteroatoms. The summed E-state index contributed by atoms with van der Waals surface area (Å²) >= 11 is 0. The molecule has 5 nitrogen and oxygen atoms in total. The molecule has 18 heavy (non-hydrogen) atoms. The van der Waals surface area contributed by atoms with Crippen molar-refractivity contribution in [3.63, 3.8) is 0 Å². The zero-order valence-electron chi connectivity index (χ0n) is 11.7. The van der Waals surface area contributed by atoms with Gasteiger partial charge < -0.3 is 20.1 Å². The van der Waals surface area contributed by atoms with Crippen LogP contribution in [-0.4, -0.2) is 52.5 Å². The van der Waals surface area contributed by atoms with Gasteiger partial charge in [0.25, 0.3) is 0 Å². The van der Waals surface area contributed by atoms with Crippen LogP contribution in [0.2, 0.25) is 0 Å². The molecule has 0 atom stereocenters. The highest BCUT2D eigenvalue weighted by Gasteiger charge is 2.14. The van der Waals surface area contributed by atoms with Gasteiger partial charge in [-0.1, -0.05) is 12.8 Å². The largest absolute Gasteiger partial charge is 0.383 e. The SMILES string of the molecule is CN=C(NCCCOC1CCCC1)NCCOC. The Morgan fingerprint density at radius 1 is 1.17 bits per heavy atom. The molecule has 1 saturated carbocycles. The molecule has 0 aliphatic heterocycles. The molecule has 0 spiro atoms. The maximum atomic E-state index is 5.80. The number of guanidine groups is 1. The van der Waals surface area contributed by atoms with Crippen LogP contribution in [0, 0.1) is 0 Å². The molecule has 0 aromatic heterocycles. The fourth-order valence-electron chi connectivity index (χ4n) is 2.08. The minimum atomic E-state index is 0.518. The van der Waals surface area contributed by atoms with Crippen LogP contribution in [0.5, 0.6) is 0 Å². The first-order valence-electron chi connectivity index (χ1n) is 6.92. The number of nitrogens with zero attached hydrogens (tertiary/aromatic N) is 1. The van der Waals surface area contributed by atoms with E-state index in [9.17, 15) is 0 Å². The average molecular weight is 257 g/mol. The van der Waals surface area contributed by atoms with Gasteiger partial charge in [-0.05, 0) is 19.3 Å². The summed E-state index contributed by atoms with van der Waals surface area (Å²) in [6, 6.07) is 0. The molecular weight excluding hydrogens is 230 g/mol. The Morgan fingerprint density at radius 3 is 2.56 bits per heavy atom. The van der Waals surface area contributed by atoms with Gasteiger partial charge in [0.05, 0.1) is 12.7 Å². The van der Waals surface area contributed by atoms with Crippen molar-refractivity contribution in [2.75, 3.05) is 40.5 Å². The van der Waals surface area contributed by atoms with E-state index in [2.05, 4.69) is 15.6 Å². The van der Waals surface area contributed by atoms with E-state index in [0.29, 0.717) is 12.7 Å². The second-order valence-corrected chi connectivity index (χ2v) is 4.55. The van der Waals surface area contributed by atoms with Crippen molar-refractivity contribution in [2.45, 2.75) is 38.2 Å². The highest BCUT2D eigenvalue weighted by molar-refractivity contribution is 5.79. The van der Waals surface area contributed by atoms with E-state index in [-0.39, 0.29) is 0 Å². The van der Waals surface area contributed by atoms with Crippen LogP contribution in [-0.2, 0) is 9.47 Å². The molecule has 0 aromatic carbocycles. The molecule has 0 radical (unpaired) electrons. The molecule has 1 aliphatic carbocycles. The van der Waals surface area contributed by atoms with E-state index in [1.807, 2.05) is 0 Å². The van der Waals surface area contributed by atoms with Crippen molar-refractivity contribution in [3.8, 4) is 0 Å². The number of rotatable bonds is 8. The minimum Gasteiger partial charge on any atom is -0.383 e. The fourth-order valence-corrected chi connectivity index (χ4v) is 2.08. The van der Waals surface area contributed by atoms with E-state index in [4.69, 9.17) is 9.47 Å². The van der Waals surface area contributed by atoms with Crippen molar-refractivity contribution >= 4 is 5.96 Å². The van der Waals surface area contributed by atoms with Gasteiger partial charge in [-0.25, -0.2) is 0 Å². The molecule has 0 aromatic rings. The van der Waals surface area contributed by atoms with Crippen LogP contribution in [0.1, 0.15) is 32.1 Å². The lowest BCUT2D eigenvalue weighted by Gasteiger charge is -2.13. The maximum Gasteiger partial charge on any atom is 0.191 e. The van der Waals surface area contributed by atoms with Crippen LogP contribution in [0.3, 0.4) is 0 Å². The lowest BCUT2D eigenvalue weighted by atomic mass is 10.3. The van der Waals surface area contributed by atoms with Gasteiger partial charge in [0, 0.05) is 33.9 Å². The molecule has 1 aliphatic rings. The summed E-state index contributed by atoms with van der Waals surface area (Å²) in [6.45, 7) is 3.19. The van der Waals surface area contributed by atoms with E-state index >= 15 is 0 Å². The van der Waals surface area contributed by atoms with Gasteiger partial charge >= 0.3 is 0 Å². The van der Waals surface area contributed by atoms with Crippen LogP contribution < -0.4 is 10.6 Å². The van der Waals surface area contributed by atoms with Crippen LogP contribution in [0.25, 0.3) is 0 Å². The molecular formula is C13H27N3O2.